The molecule has 2 unspecified atom stereocenters. The van der Waals surface area contributed by atoms with Crippen LogP contribution in [0.5, 0.6) is 11.5 Å². The van der Waals surface area contributed by atoms with Crippen molar-refractivity contribution in [1.82, 2.24) is 14.7 Å². The van der Waals surface area contributed by atoms with Crippen LogP contribution in [0.2, 0.25) is 0 Å². The lowest BCUT2D eigenvalue weighted by Gasteiger charge is -2.30. The van der Waals surface area contributed by atoms with Gasteiger partial charge in [-0.1, -0.05) is 18.2 Å². The Morgan fingerprint density at radius 3 is 2.72 bits per heavy atom. The third-order valence-electron chi connectivity index (χ3n) is 4.19. The number of nitrogens with zero attached hydrogens (tertiary/aromatic N) is 2. The molecule has 0 bridgehead atoms. The topological polar surface area (TPSA) is 64.9 Å². The Hall–Kier alpha value is -3.02. The molecule has 1 aromatic carbocycles. The average molecular weight is 337 g/mol. The zero-order valence-electron chi connectivity index (χ0n) is 13.9. The highest BCUT2D eigenvalue weighted by molar-refractivity contribution is 5.82. The summed E-state index contributed by atoms with van der Waals surface area (Å²) >= 11 is 0. The Morgan fingerprint density at radius 1 is 1.16 bits per heavy atom. The zero-order valence-corrected chi connectivity index (χ0v) is 13.9. The smallest absolute Gasteiger partial charge is 0.265 e. The average Bonchev–Trinajstić information content (AvgIpc) is 3.03. The number of nitrogens with one attached hydrogen (secondary N) is 1. The molecule has 2 atom stereocenters. The van der Waals surface area contributed by atoms with Crippen molar-refractivity contribution in [3.63, 3.8) is 0 Å². The van der Waals surface area contributed by atoms with E-state index in [-0.39, 0.29) is 12.0 Å². The number of para-hydroxylation sites is 2. The lowest BCUT2D eigenvalue weighted by molar-refractivity contribution is -0.133. The highest BCUT2D eigenvalue weighted by Gasteiger charge is 2.33. The van der Waals surface area contributed by atoms with Crippen molar-refractivity contribution in [2.24, 2.45) is 0 Å². The van der Waals surface area contributed by atoms with Gasteiger partial charge in [0.1, 0.15) is 11.8 Å². The Kier molecular flexibility index (Phi) is 4.01. The Bertz CT molecular complexity index is 873. The summed E-state index contributed by atoms with van der Waals surface area (Å²) < 4.78 is 13.5. The van der Waals surface area contributed by atoms with Gasteiger partial charge in [0.2, 0.25) is 6.10 Å². The molecule has 6 nitrogen and oxygen atoms in total. The van der Waals surface area contributed by atoms with Crippen molar-refractivity contribution < 1.29 is 14.3 Å². The summed E-state index contributed by atoms with van der Waals surface area (Å²) in [5.41, 5.74) is 1.84. The zero-order chi connectivity index (χ0) is 17.2. The quantitative estimate of drug-likeness (QED) is 0.793. The summed E-state index contributed by atoms with van der Waals surface area (Å²) in [6, 6.07) is 13.2. The molecule has 4 rings (SSSR count). The third-order valence-corrected chi connectivity index (χ3v) is 4.19. The normalized spacial score (nSPS) is 18.9. The number of carbonyl (C=O) groups excluding carboxylic acids is 1. The van der Waals surface area contributed by atoms with Gasteiger partial charge in [0.05, 0.1) is 5.69 Å². The minimum Gasteiger partial charge on any atom is -0.482 e. The molecular formula is C19H19N3O3. The van der Waals surface area contributed by atoms with E-state index in [1.54, 1.807) is 6.07 Å². The molecule has 25 heavy (non-hydrogen) atoms. The number of rotatable bonds is 4. The number of hydrogen-bond acceptors (Lipinski definition) is 4. The van der Waals surface area contributed by atoms with E-state index < -0.39 is 6.10 Å². The number of ether oxygens (including phenoxy) is 2. The fraction of sp³-hybridized carbons (Fsp3) is 0.263. The molecule has 0 saturated heterocycles. The molecule has 0 saturated carbocycles. The van der Waals surface area contributed by atoms with Crippen LogP contribution < -0.4 is 14.8 Å². The Balaban J connectivity index is 1.36. The van der Waals surface area contributed by atoms with Gasteiger partial charge >= 0.3 is 0 Å². The van der Waals surface area contributed by atoms with E-state index in [0.29, 0.717) is 24.5 Å². The summed E-state index contributed by atoms with van der Waals surface area (Å²) in [5.74, 6) is 1.09. The number of amides is 1. The van der Waals surface area contributed by atoms with E-state index in [1.807, 2.05) is 60.1 Å². The second-order valence-electron chi connectivity index (χ2n) is 6.05. The summed E-state index contributed by atoms with van der Waals surface area (Å²) in [6.07, 6.45) is 3.59. The van der Waals surface area contributed by atoms with Gasteiger partial charge in [-0.05, 0) is 31.2 Å². The number of fused-ring (bicyclic) bond motifs is 2. The van der Waals surface area contributed by atoms with Gasteiger partial charge in [0, 0.05) is 25.4 Å². The van der Waals surface area contributed by atoms with E-state index in [9.17, 15) is 4.79 Å². The van der Waals surface area contributed by atoms with E-state index >= 15 is 0 Å². The molecule has 1 aliphatic rings. The molecular weight excluding hydrogens is 318 g/mol. The first-order chi connectivity index (χ1) is 12.2. The van der Waals surface area contributed by atoms with Crippen LogP contribution in [0.1, 0.15) is 12.6 Å². The van der Waals surface area contributed by atoms with E-state index in [1.165, 1.54) is 0 Å². The number of carbonyl (C=O) groups is 1. The standard InChI is InChI=1S/C19H19N3O3/c1-13-18(25-16-7-3-2-6-15(16)24-13)19(23)20-10-9-14-12-22-11-5-4-8-17(22)21-14/h2-8,11-13,18H,9-10H2,1H3,(H,20,23). The van der Waals surface area contributed by atoms with Crippen molar-refractivity contribution in [2.75, 3.05) is 6.54 Å². The fourth-order valence-corrected chi connectivity index (χ4v) is 2.93. The maximum absolute atomic E-state index is 12.4. The van der Waals surface area contributed by atoms with Crippen LogP contribution in [0.15, 0.2) is 54.9 Å². The van der Waals surface area contributed by atoms with E-state index in [4.69, 9.17) is 9.47 Å². The van der Waals surface area contributed by atoms with Crippen molar-refractivity contribution in [3.8, 4) is 11.5 Å². The Morgan fingerprint density at radius 2 is 1.92 bits per heavy atom. The molecule has 0 spiro atoms. The molecule has 2 aromatic heterocycles. The number of pyridine rings is 1. The molecule has 0 fully saturated rings. The van der Waals surface area contributed by atoms with Gasteiger partial charge in [-0.3, -0.25) is 4.79 Å². The molecule has 3 aromatic rings. The van der Waals surface area contributed by atoms with Crippen LogP contribution in [0.25, 0.3) is 5.65 Å². The predicted molar refractivity (Wildman–Crippen MR) is 92.9 cm³/mol. The molecule has 1 amide bonds. The monoisotopic (exact) mass is 337 g/mol. The van der Waals surface area contributed by atoms with Crippen molar-refractivity contribution >= 4 is 11.6 Å². The van der Waals surface area contributed by atoms with E-state index in [2.05, 4.69) is 10.3 Å². The Labute approximate surface area is 145 Å². The van der Waals surface area contributed by atoms with Crippen LogP contribution in [0, 0.1) is 0 Å². The number of hydrogen-bond donors (Lipinski definition) is 1. The first-order valence-electron chi connectivity index (χ1n) is 8.33. The molecule has 128 valence electrons. The predicted octanol–water partition coefficient (Wildman–Crippen LogP) is 2.22. The fourth-order valence-electron chi connectivity index (χ4n) is 2.93. The van der Waals surface area contributed by atoms with Crippen LogP contribution >= 0.6 is 0 Å². The van der Waals surface area contributed by atoms with Gasteiger partial charge in [-0.2, -0.15) is 0 Å². The second-order valence-corrected chi connectivity index (χ2v) is 6.05. The summed E-state index contributed by atoms with van der Waals surface area (Å²) in [6.45, 7) is 2.33. The maximum atomic E-state index is 12.4. The van der Waals surface area contributed by atoms with Crippen LogP contribution in [0.4, 0.5) is 0 Å². The summed E-state index contributed by atoms with van der Waals surface area (Å²) in [7, 11) is 0. The molecule has 3 heterocycles. The second kappa shape index (κ2) is 6.47. The number of imidazole rings is 1. The van der Waals surface area contributed by atoms with Gasteiger partial charge < -0.3 is 19.2 Å². The van der Waals surface area contributed by atoms with Gasteiger partial charge in [0.15, 0.2) is 11.5 Å². The maximum Gasteiger partial charge on any atom is 0.265 e. The first kappa shape index (κ1) is 15.5. The van der Waals surface area contributed by atoms with Crippen LogP contribution in [-0.4, -0.2) is 34.0 Å². The minimum atomic E-state index is -0.657. The molecule has 1 aliphatic heterocycles. The molecule has 1 N–H and O–H groups in total. The van der Waals surface area contributed by atoms with Gasteiger partial charge in [-0.15, -0.1) is 0 Å². The number of aromatic nitrogens is 2. The van der Waals surface area contributed by atoms with Gasteiger partial charge in [0.25, 0.3) is 5.91 Å². The van der Waals surface area contributed by atoms with Crippen LogP contribution in [-0.2, 0) is 11.2 Å². The van der Waals surface area contributed by atoms with E-state index in [0.717, 1.165) is 11.3 Å². The van der Waals surface area contributed by atoms with Crippen molar-refractivity contribution in [1.29, 1.82) is 0 Å². The lowest BCUT2D eigenvalue weighted by Crippen LogP contribution is -2.49. The SMILES string of the molecule is CC1Oc2ccccc2OC1C(=O)NCCc1cn2ccccc2n1. The molecule has 0 aliphatic carbocycles. The third kappa shape index (κ3) is 3.15. The largest absolute Gasteiger partial charge is 0.482 e. The summed E-state index contributed by atoms with van der Waals surface area (Å²) in [5, 5.41) is 2.91. The van der Waals surface area contributed by atoms with Gasteiger partial charge in [-0.25, -0.2) is 4.98 Å². The van der Waals surface area contributed by atoms with Crippen LogP contribution in [0.3, 0.4) is 0 Å². The molecule has 6 heteroatoms. The lowest BCUT2D eigenvalue weighted by atomic mass is 10.1. The highest BCUT2D eigenvalue weighted by Crippen LogP contribution is 2.33. The first-order valence-corrected chi connectivity index (χ1v) is 8.33. The highest BCUT2D eigenvalue weighted by atomic mass is 16.6. The molecule has 0 radical (unpaired) electrons. The minimum absolute atomic E-state index is 0.175. The number of benzene rings is 1. The summed E-state index contributed by atoms with van der Waals surface area (Å²) in [4.78, 5) is 17.0. The van der Waals surface area contributed by atoms with Crippen molar-refractivity contribution in [3.05, 3.63) is 60.6 Å². The van der Waals surface area contributed by atoms with Crippen molar-refractivity contribution in [2.45, 2.75) is 25.6 Å².